The van der Waals surface area contributed by atoms with Crippen LogP contribution < -0.4 is 5.73 Å². The minimum Gasteiger partial charge on any atom is -0.345 e. The number of aromatic nitrogens is 1. The molecule has 20 heavy (non-hydrogen) atoms. The Hall–Kier alpha value is -1.77. The Morgan fingerprint density at radius 3 is 2.45 bits per heavy atom. The molecule has 0 saturated carbocycles. The maximum Gasteiger partial charge on any atom is 0.0661 e. The van der Waals surface area contributed by atoms with E-state index in [1.54, 1.807) is 0 Å². The third-order valence-corrected chi connectivity index (χ3v) is 4.01. The third kappa shape index (κ3) is 2.45. The molecule has 1 atom stereocenters. The fraction of sp³-hybridized carbons (Fsp3) is 0.176. The summed E-state index contributed by atoms with van der Waals surface area (Å²) in [7, 11) is 0. The molecule has 1 aromatic heterocycles. The maximum atomic E-state index is 6.30. The molecule has 0 saturated heterocycles. The van der Waals surface area contributed by atoms with Gasteiger partial charge in [0.1, 0.15) is 0 Å². The molecule has 3 aromatic rings. The number of hydrogen-bond donors (Lipinski definition) is 1. The average Bonchev–Trinajstić information content (AvgIpc) is 2.82. The summed E-state index contributed by atoms with van der Waals surface area (Å²) in [5, 5.41) is 1.89. The number of fused-ring (bicyclic) bond motifs is 1. The van der Waals surface area contributed by atoms with Crippen molar-refractivity contribution in [2.75, 3.05) is 6.54 Å². The van der Waals surface area contributed by atoms with E-state index in [1.165, 1.54) is 5.56 Å². The highest BCUT2D eigenvalue weighted by Gasteiger charge is 2.13. The Bertz CT molecular complexity index is 703. The monoisotopic (exact) mass is 284 g/mol. The lowest BCUT2D eigenvalue weighted by Crippen LogP contribution is -2.18. The van der Waals surface area contributed by atoms with Gasteiger partial charge in [0.25, 0.3) is 0 Å². The van der Waals surface area contributed by atoms with Crippen LogP contribution in [-0.4, -0.2) is 11.1 Å². The SMILES string of the molecule is NCC(Cn1cc(Cl)c2ccccc21)c1ccccc1. The second kappa shape index (κ2) is 5.70. The first kappa shape index (κ1) is 13.2. The number of nitrogens with zero attached hydrogens (tertiary/aromatic N) is 1. The normalized spacial score (nSPS) is 12.7. The molecule has 0 bridgehead atoms. The summed E-state index contributed by atoms with van der Waals surface area (Å²) in [6, 6.07) is 18.6. The lowest BCUT2D eigenvalue weighted by Gasteiger charge is -2.17. The molecule has 2 aromatic carbocycles. The molecule has 0 aliphatic carbocycles. The molecule has 1 unspecified atom stereocenters. The Kier molecular flexibility index (Phi) is 3.77. The average molecular weight is 285 g/mol. The zero-order chi connectivity index (χ0) is 13.9. The van der Waals surface area contributed by atoms with Crippen molar-refractivity contribution in [3.05, 3.63) is 71.4 Å². The van der Waals surface area contributed by atoms with Crippen LogP contribution in [0.25, 0.3) is 10.9 Å². The molecule has 3 heteroatoms. The summed E-state index contributed by atoms with van der Waals surface area (Å²) in [5.41, 5.74) is 8.38. The molecule has 0 amide bonds. The number of nitrogens with two attached hydrogens (primary N) is 1. The van der Waals surface area contributed by atoms with Crippen molar-refractivity contribution in [3.63, 3.8) is 0 Å². The Balaban J connectivity index is 1.96. The summed E-state index contributed by atoms with van der Waals surface area (Å²) in [5.74, 6) is 0.295. The van der Waals surface area contributed by atoms with E-state index in [9.17, 15) is 0 Å². The van der Waals surface area contributed by atoms with Gasteiger partial charge in [0, 0.05) is 36.1 Å². The molecular weight excluding hydrogens is 268 g/mol. The second-order valence-electron chi connectivity index (χ2n) is 4.99. The molecule has 3 rings (SSSR count). The molecular formula is C17H17ClN2. The number of benzene rings is 2. The van der Waals surface area contributed by atoms with Crippen molar-refractivity contribution in [3.8, 4) is 0 Å². The van der Waals surface area contributed by atoms with Crippen LogP contribution in [0.2, 0.25) is 5.02 Å². The lowest BCUT2D eigenvalue weighted by atomic mass is 9.99. The van der Waals surface area contributed by atoms with Crippen molar-refractivity contribution in [2.45, 2.75) is 12.5 Å². The van der Waals surface area contributed by atoms with E-state index in [1.807, 2.05) is 30.5 Å². The van der Waals surface area contributed by atoms with E-state index >= 15 is 0 Å². The molecule has 1 heterocycles. The zero-order valence-corrected chi connectivity index (χ0v) is 11.9. The van der Waals surface area contributed by atoms with E-state index < -0.39 is 0 Å². The van der Waals surface area contributed by atoms with E-state index in [0.29, 0.717) is 12.5 Å². The van der Waals surface area contributed by atoms with Crippen LogP contribution in [0.1, 0.15) is 11.5 Å². The fourth-order valence-corrected chi connectivity index (χ4v) is 2.91. The van der Waals surface area contributed by atoms with Gasteiger partial charge in [-0.2, -0.15) is 0 Å². The summed E-state index contributed by atoms with van der Waals surface area (Å²) in [4.78, 5) is 0. The minimum atomic E-state index is 0.295. The summed E-state index contributed by atoms with van der Waals surface area (Å²) in [6.07, 6.45) is 2.00. The van der Waals surface area contributed by atoms with E-state index in [4.69, 9.17) is 17.3 Å². The predicted octanol–water partition coefficient (Wildman–Crippen LogP) is 4.04. The summed E-state index contributed by atoms with van der Waals surface area (Å²) >= 11 is 6.30. The Morgan fingerprint density at radius 1 is 1.00 bits per heavy atom. The first-order valence-corrected chi connectivity index (χ1v) is 7.16. The van der Waals surface area contributed by atoms with Crippen LogP contribution in [-0.2, 0) is 6.54 Å². The molecule has 102 valence electrons. The van der Waals surface area contributed by atoms with Gasteiger partial charge < -0.3 is 10.3 Å². The van der Waals surface area contributed by atoms with Crippen LogP contribution in [0.15, 0.2) is 60.8 Å². The highest BCUT2D eigenvalue weighted by atomic mass is 35.5. The third-order valence-electron chi connectivity index (χ3n) is 3.71. The Labute approximate surface area is 123 Å². The highest BCUT2D eigenvalue weighted by Crippen LogP contribution is 2.27. The molecule has 0 fully saturated rings. The van der Waals surface area contributed by atoms with Gasteiger partial charge in [0.05, 0.1) is 5.02 Å². The lowest BCUT2D eigenvalue weighted by molar-refractivity contribution is 0.580. The van der Waals surface area contributed by atoms with E-state index in [0.717, 1.165) is 22.5 Å². The quantitative estimate of drug-likeness (QED) is 0.770. The van der Waals surface area contributed by atoms with Gasteiger partial charge in [0.2, 0.25) is 0 Å². The number of halogens is 1. The van der Waals surface area contributed by atoms with Crippen molar-refractivity contribution in [2.24, 2.45) is 5.73 Å². The largest absolute Gasteiger partial charge is 0.345 e. The van der Waals surface area contributed by atoms with Gasteiger partial charge in [-0.1, -0.05) is 60.1 Å². The molecule has 2 N–H and O–H groups in total. The predicted molar refractivity (Wildman–Crippen MR) is 85.2 cm³/mol. The van der Waals surface area contributed by atoms with Gasteiger partial charge in [-0.15, -0.1) is 0 Å². The fourth-order valence-electron chi connectivity index (χ4n) is 2.63. The van der Waals surface area contributed by atoms with Crippen LogP contribution in [0.4, 0.5) is 0 Å². The van der Waals surface area contributed by atoms with Gasteiger partial charge in [-0.3, -0.25) is 0 Å². The molecule has 0 aliphatic heterocycles. The number of para-hydroxylation sites is 1. The van der Waals surface area contributed by atoms with Gasteiger partial charge in [-0.25, -0.2) is 0 Å². The van der Waals surface area contributed by atoms with Crippen LogP contribution in [0.5, 0.6) is 0 Å². The maximum absolute atomic E-state index is 6.30. The number of hydrogen-bond acceptors (Lipinski definition) is 1. The molecule has 0 spiro atoms. The minimum absolute atomic E-state index is 0.295. The number of rotatable bonds is 4. The summed E-state index contributed by atoms with van der Waals surface area (Å²) in [6.45, 7) is 1.46. The smallest absolute Gasteiger partial charge is 0.0661 e. The van der Waals surface area contributed by atoms with Crippen LogP contribution >= 0.6 is 11.6 Å². The van der Waals surface area contributed by atoms with Gasteiger partial charge >= 0.3 is 0 Å². The molecule has 0 radical (unpaired) electrons. The van der Waals surface area contributed by atoms with Gasteiger partial charge in [0.15, 0.2) is 0 Å². The Morgan fingerprint density at radius 2 is 1.70 bits per heavy atom. The van der Waals surface area contributed by atoms with E-state index in [-0.39, 0.29) is 0 Å². The second-order valence-corrected chi connectivity index (χ2v) is 5.40. The molecule has 2 nitrogen and oxygen atoms in total. The van der Waals surface area contributed by atoms with Crippen molar-refractivity contribution in [1.29, 1.82) is 0 Å². The van der Waals surface area contributed by atoms with Crippen molar-refractivity contribution in [1.82, 2.24) is 4.57 Å². The van der Waals surface area contributed by atoms with Crippen molar-refractivity contribution >= 4 is 22.5 Å². The van der Waals surface area contributed by atoms with Crippen LogP contribution in [0.3, 0.4) is 0 Å². The first-order valence-electron chi connectivity index (χ1n) is 6.78. The van der Waals surface area contributed by atoms with Gasteiger partial charge in [-0.05, 0) is 11.6 Å². The standard InChI is InChI=1S/C17H17ClN2/c18-16-12-20(17-9-5-4-8-15(16)17)11-14(10-19)13-6-2-1-3-7-13/h1-9,12,14H,10-11,19H2. The van der Waals surface area contributed by atoms with Crippen LogP contribution in [0, 0.1) is 0 Å². The summed E-state index contributed by atoms with van der Waals surface area (Å²) < 4.78 is 2.20. The first-order chi connectivity index (χ1) is 9.79. The molecule has 0 aliphatic rings. The highest BCUT2D eigenvalue weighted by molar-refractivity contribution is 6.35. The van der Waals surface area contributed by atoms with E-state index in [2.05, 4.69) is 34.9 Å². The van der Waals surface area contributed by atoms with Crippen molar-refractivity contribution < 1.29 is 0 Å². The topological polar surface area (TPSA) is 30.9 Å². The zero-order valence-electron chi connectivity index (χ0n) is 11.2.